The lowest BCUT2D eigenvalue weighted by atomic mass is 10.1. The largest absolute Gasteiger partial charge is 0.351 e. The number of rotatable bonds is 7. The van der Waals surface area contributed by atoms with Crippen molar-refractivity contribution in [3.8, 4) is 0 Å². The zero-order chi connectivity index (χ0) is 10.2. The molecule has 0 N–H and O–H groups in total. The first kappa shape index (κ1) is 11.4. The van der Waals surface area contributed by atoms with E-state index in [1.165, 1.54) is 37.8 Å². The van der Waals surface area contributed by atoms with Crippen LogP contribution in [-0.2, 0) is 13.0 Å². The summed E-state index contributed by atoms with van der Waals surface area (Å²) < 4.78 is 2.38. The van der Waals surface area contributed by atoms with Gasteiger partial charge in [-0.25, -0.2) is 0 Å². The zero-order valence-corrected chi connectivity index (χ0v) is 9.34. The Bertz CT molecular complexity index is 237. The Morgan fingerprint density at radius 1 is 1.29 bits per heavy atom. The average Bonchev–Trinajstić information content (AvgIpc) is 2.63. The fourth-order valence-corrected chi connectivity index (χ4v) is 1.73. The molecule has 1 radical (unpaired) electrons. The summed E-state index contributed by atoms with van der Waals surface area (Å²) in [4.78, 5) is 0. The average molecular weight is 192 g/mol. The summed E-state index contributed by atoms with van der Waals surface area (Å²) in [7, 11) is 0. The lowest BCUT2D eigenvalue weighted by molar-refractivity contribution is 0.605. The molecule has 1 rings (SSSR count). The molecule has 0 unspecified atom stereocenters. The molecule has 1 aromatic heterocycles. The smallest absolute Gasteiger partial charge is 0.0222 e. The van der Waals surface area contributed by atoms with Crippen LogP contribution in [0, 0.1) is 6.92 Å². The van der Waals surface area contributed by atoms with E-state index in [0.29, 0.717) is 0 Å². The van der Waals surface area contributed by atoms with Crippen molar-refractivity contribution in [2.45, 2.75) is 52.0 Å². The highest BCUT2D eigenvalue weighted by atomic mass is 15.0. The monoisotopic (exact) mass is 192 g/mol. The van der Waals surface area contributed by atoms with E-state index in [-0.39, 0.29) is 0 Å². The molecule has 1 aromatic rings. The quantitative estimate of drug-likeness (QED) is 0.578. The highest BCUT2D eigenvalue weighted by Crippen LogP contribution is 2.09. The minimum absolute atomic E-state index is 1.03. The van der Waals surface area contributed by atoms with Gasteiger partial charge in [0.1, 0.15) is 0 Å². The third kappa shape index (κ3) is 3.57. The van der Waals surface area contributed by atoms with E-state index in [9.17, 15) is 0 Å². The Hall–Kier alpha value is -0.720. The van der Waals surface area contributed by atoms with Gasteiger partial charge in [0.2, 0.25) is 0 Å². The van der Waals surface area contributed by atoms with Crippen LogP contribution in [0.2, 0.25) is 0 Å². The maximum absolute atomic E-state index is 3.88. The van der Waals surface area contributed by atoms with E-state index in [1.54, 1.807) is 0 Å². The van der Waals surface area contributed by atoms with Gasteiger partial charge < -0.3 is 4.57 Å². The zero-order valence-electron chi connectivity index (χ0n) is 9.34. The summed E-state index contributed by atoms with van der Waals surface area (Å²) in [5, 5.41) is 0. The third-order valence-corrected chi connectivity index (χ3v) is 2.61. The molecule has 0 saturated heterocycles. The maximum atomic E-state index is 3.88. The molecule has 0 amide bonds. The molecule has 0 aliphatic carbocycles. The van der Waals surface area contributed by atoms with Crippen molar-refractivity contribution < 1.29 is 0 Å². The Morgan fingerprint density at radius 3 is 2.86 bits per heavy atom. The highest BCUT2D eigenvalue weighted by molar-refractivity contribution is 5.07. The molecule has 0 bridgehead atoms. The van der Waals surface area contributed by atoms with Gasteiger partial charge in [0.15, 0.2) is 0 Å². The van der Waals surface area contributed by atoms with E-state index in [4.69, 9.17) is 0 Å². The molecular weight excluding hydrogens is 170 g/mol. The summed E-state index contributed by atoms with van der Waals surface area (Å²) in [6, 6.07) is 4.41. The van der Waals surface area contributed by atoms with Gasteiger partial charge in [-0.3, -0.25) is 0 Å². The minimum atomic E-state index is 1.03. The summed E-state index contributed by atoms with van der Waals surface area (Å²) >= 11 is 0. The van der Waals surface area contributed by atoms with Crippen molar-refractivity contribution in [2.24, 2.45) is 0 Å². The molecule has 0 atom stereocenters. The van der Waals surface area contributed by atoms with Crippen LogP contribution in [0.25, 0.3) is 0 Å². The molecule has 1 heterocycles. The van der Waals surface area contributed by atoms with E-state index in [1.807, 2.05) is 0 Å². The first-order valence-electron chi connectivity index (χ1n) is 5.81. The molecule has 1 nitrogen and oxygen atoms in total. The van der Waals surface area contributed by atoms with Gasteiger partial charge >= 0.3 is 0 Å². The fourth-order valence-electron chi connectivity index (χ4n) is 1.73. The predicted molar refractivity (Wildman–Crippen MR) is 62.3 cm³/mol. The standard InChI is InChI=1S/C13H22N/c1-3-5-7-9-13-10-8-12-14(13)11-6-4-2/h8,10,12H,2-7,9,11H2,1H3. The van der Waals surface area contributed by atoms with Crippen LogP contribution in [0.1, 0.15) is 44.7 Å². The molecule has 0 aliphatic heterocycles. The number of hydrogen-bond donors (Lipinski definition) is 0. The SMILES string of the molecule is [CH2]CCCn1cccc1CCCCC. The van der Waals surface area contributed by atoms with Crippen LogP contribution >= 0.6 is 0 Å². The number of aryl methyl sites for hydroxylation is 2. The third-order valence-electron chi connectivity index (χ3n) is 2.61. The van der Waals surface area contributed by atoms with E-state index in [2.05, 4.69) is 36.7 Å². The van der Waals surface area contributed by atoms with Crippen LogP contribution in [-0.4, -0.2) is 4.57 Å². The van der Waals surface area contributed by atoms with Gasteiger partial charge in [-0.1, -0.05) is 33.1 Å². The molecule has 0 saturated carbocycles. The first-order chi connectivity index (χ1) is 6.88. The van der Waals surface area contributed by atoms with Gasteiger partial charge in [0, 0.05) is 18.4 Å². The second kappa shape index (κ2) is 6.69. The van der Waals surface area contributed by atoms with Crippen molar-refractivity contribution in [3.63, 3.8) is 0 Å². The van der Waals surface area contributed by atoms with Gasteiger partial charge in [-0.2, -0.15) is 0 Å². The van der Waals surface area contributed by atoms with Crippen LogP contribution in [0.15, 0.2) is 18.3 Å². The number of unbranched alkanes of at least 4 members (excludes halogenated alkanes) is 3. The molecule has 0 aliphatic rings. The molecule has 0 aromatic carbocycles. The number of aromatic nitrogens is 1. The van der Waals surface area contributed by atoms with E-state index >= 15 is 0 Å². The molecule has 0 spiro atoms. The Kier molecular flexibility index (Phi) is 5.43. The lowest BCUT2D eigenvalue weighted by Gasteiger charge is -2.07. The second-order valence-electron chi connectivity index (χ2n) is 3.86. The summed E-state index contributed by atoms with van der Waals surface area (Å²) in [6.07, 6.45) is 9.63. The van der Waals surface area contributed by atoms with Crippen LogP contribution < -0.4 is 0 Å². The molecular formula is C13H22N. The molecule has 1 heteroatoms. The van der Waals surface area contributed by atoms with Crippen molar-refractivity contribution >= 4 is 0 Å². The van der Waals surface area contributed by atoms with Crippen molar-refractivity contribution in [1.29, 1.82) is 0 Å². The molecule has 79 valence electrons. The second-order valence-corrected chi connectivity index (χ2v) is 3.86. The molecule has 0 fully saturated rings. The number of nitrogens with zero attached hydrogens (tertiary/aromatic N) is 1. The predicted octanol–water partition coefficient (Wildman–Crippen LogP) is 3.84. The highest BCUT2D eigenvalue weighted by Gasteiger charge is 1.99. The summed E-state index contributed by atoms with van der Waals surface area (Å²) in [5.74, 6) is 0. The molecule has 14 heavy (non-hydrogen) atoms. The summed E-state index contributed by atoms with van der Waals surface area (Å²) in [6.45, 7) is 7.27. The van der Waals surface area contributed by atoms with Crippen LogP contribution in [0.5, 0.6) is 0 Å². The topological polar surface area (TPSA) is 4.93 Å². The normalized spacial score (nSPS) is 10.7. The van der Waals surface area contributed by atoms with Gasteiger partial charge in [0.05, 0.1) is 0 Å². The van der Waals surface area contributed by atoms with Crippen molar-refractivity contribution in [1.82, 2.24) is 4.57 Å². The van der Waals surface area contributed by atoms with E-state index < -0.39 is 0 Å². The van der Waals surface area contributed by atoms with Gasteiger partial charge in [-0.15, -0.1) is 0 Å². The Morgan fingerprint density at radius 2 is 2.14 bits per heavy atom. The Balaban J connectivity index is 2.37. The van der Waals surface area contributed by atoms with Gasteiger partial charge in [-0.05, 0) is 31.4 Å². The first-order valence-corrected chi connectivity index (χ1v) is 5.81. The minimum Gasteiger partial charge on any atom is -0.351 e. The fraction of sp³-hybridized carbons (Fsp3) is 0.615. The van der Waals surface area contributed by atoms with E-state index in [0.717, 1.165) is 13.0 Å². The van der Waals surface area contributed by atoms with Crippen LogP contribution in [0.4, 0.5) is 0 Å². The number of hydrogen-bond acceptors (Lipinski definition) is 0. The lowest BCUT2D eigenvalue weighted by Crippen LogP contribution is -2.01. The maximum Gasteiger partial charge on any atom is 0.0222 e. The van der Waals surface area contributed by atoms with Gasteiger partial charge in [0.25, 0.3) is 0 Å². The summed E-state index contributed by atoms with van der Waals surface area (Å²) in [5.41, 5.74) is 1.49. The Labute approximate surface area is 88.1 Å². The van der Waals surface area contributed by atoms with Crippen molar-refractivity contribution in [3.05, 3.63) is 30.9 Å². The van der Waals surface area contributed by atoms with Crippen molar-refractivity contribution in [2.75, 3.05) is 0 Å². The van der Waals surface area contributed by atoms with Crippen LogP contribution in [0.3, 0.4) is 0 Å².